The molecule has 1 aromatic carbocycles. The van der Waals surface area contributed by atoms with Gasteiger partial charge in [-0.25, -0.2) is 4.79 Å². The van der Waals surface area contributed by atoms with E-state index in [2.05, 4.69) is 10.3 Å². The van der Waals surface area contributed by atoms with Crippen molar-refractivity contribution in [1.82, 2.24) is 10.3 Å². The van der Waals surface area contributed by atoms with Crippen LogP contribution in [0.1, 0.15) is 53.7 Å². The molecule has 2 aromatic rings. The summed E-state index contributed by atoms with van der Waals surface area (Å²) in [6.45, 7) is 7.22. The molecule has 0 radical (unpaired) electrons. The van der Waals surface area contributed by atoms with Crippen LogP contribution in [0.2, 0.25) is 0 Å². The molecule has 1 aromatic heterocycles. The normalized spacial score (nSPS) is 11.5. The smallest absolute Gasteiger partial charge is 0.340 e. The average Bonchev–Trinajstić information content (AvgIpc) is 3.09. The lowest BCUT2D eigenvalue weighted by Crippen LogP contribution is -2.37. The Morgan fingerprint density at radius 1 is 1.13 bits per heavy atom. The molecule has 0 saturated carbocycles. The highest BCUT2D eigenvalue weighted by atomic mass is 16.5. The highest BCUT2D eigenvalue weighted by Gasteiger charge is 2.31. The molecule has 8 nitrogen and oxygen atoms in total. The second-order valence-corrected chi connectivity index (χ2v) is 6.77. The van der Waals surface area contributed by atoms with Gasteiger partial charge in [-0.05, 0) is 39.3 Å². The predicted octanol–water partition coefficient (Wildman–Crippen LogP) is 3.28. The predicted molar refractivity (Wildman–Crippen MR) is 112 cm³/mol. The third-order valence-electron chi connectivity index (χ3n) is 4.77. The van der Waals surface area contributed by atoms with Gasteiger partial charge in [-0.2, -0.15) is 0 Å². The topological polar surface area (TPSA) is 107 Å². The van der Waals surface area contributed by atoms with Crippen molar-refractivity contribution in [2.24, 2.45) is 0 Å². The van der Waals surface area contributed by atoms with Crippen molar-refractivity contribution >= 4 is 17.7 Å². The van der Waals surface area contributed by atoms with Crippen LogP contribution in [0.25, 0.3) is 11.1 Å². The molecule has 30 heavy (non-hydrogen) atoms. The van der Waals surface area contributed by atoms with Crippen LogP contribution in [0.15, 0.2) is 18.2 Å². The first-order valence-electron chi connectivity index (χ1n) is 9.76. The highest BCUT2D eigenvalue weighted by molar-refractivity contribution is 6.44. The number of carbonyl (C=O) groups is 3. The number of amides is 1. The standard InChI is InChI=1S/C22H28N2O6/c1-7-12(3)23-21(26)20(25)19-18(17(13(4)24-19)22(27)30-8-2)15-10-9-14(28-5)11-16(15)29-6/h9-12,24H,7-8H2,1-6H3,(H,23,26)/t12-/m1/s1. The molecule has 0 aliphatic heterocycles. The van der Waals surface area contributed by atoms with Gasteiger partial charge in [0.25, 0.3) is 11.7 Å². The van der Waals surface area contributed by atoms with Crippen LogP contribution >= 0.6 is 0 Å². The first kappa shape index (κ1) is 23.0. The number of aromatic amines is 1. The summed E-state index contributed by atoms with van der Waals surface area (Å²) in [5, 5.41) is 2.66. The molecule has 0 unspecified atom stereocenters. The fourth-order valence-electron chi connectivity index (χ4n) is 3.03. The maximum Gasteiger partial charge on any atom is 0.340 e. The van der Waals surface area contributed by atoms with Crippen LogP contribution in [0, 0.1) is 6.92 Å². The number of ketones is 1. The molecule has 0 spiro atoms. The minimum atomic E-state index is -0.776. The van der Waals surface area contributed by atoms with Crippen LogP contribution in [0.3, 0.4) is 0 Å². The third-order valence-corrected chi connectivity index (χ3v) is 4.77. The van der Waals surface area contributed by atoms with Crippen molar-refractivity contribution in [3.05, 3.63) is 35.2 Å². The van der Waals surface area contributed by atoms with E-state index in [0.29, 0.717) is 29.2 Å². The second kappa shape index (κ2) is 9.96. The largest absolute Gasteiger partial charge is 0.497 e. The SMILES string of the molecule is CCOC(=O)c1c(C)[nH]c(C(=O)C(=O)N[C@H](C)CC)c1-c1ccc(OC)cc1OC. The summed E-state index contributed by atoms with van der Waals surface area (Å²) in [5.74, 6) is -1.20. The Morgan fingerprint density at radius 2 is 1.83 bits per heavy atom. The molecule has 0 aliphatic rings. The number of benzene rings is 1. The van der Waals surface area contributed by atoms with Crippen LogP contribution in [-0.4, -0.2) is 49.5 Å². The van der Waals surface area contributed by atoms with Gasteiger partial charge in [-0.3, -0.25) is 9.59 Å². The zero-order valence-electron chi connectivity index (χ0n) is 18.2. The Hall–Kier alpha value is -3.29. The average molecular weight is 416 g/mol. The van der Waals surface area contributed by atoms with Gasteiger partial charge in [-0.15, -0.1) is 0 Å². The van der Waals surface area contributed by atoms with Crippen molar-refractivity contribution in [2.45, 2.75) is 40.2 Å². The van der Waals surface area contributed by atoms with E-state index >= 15 is 0 Å². The number of hydrogen-bond donors (Lipinski definition) is 2. The lowest BCUT2D eigenvalue weighted by atomic mass is 9.97. The summed E-state index contributed by atoms with van der Waals surface area (Å²) in [5.41, 5.74) is 1.32. The number of nitrogens with one attached hydrogen (secondary N) is 2. The van der Waals surface area contributed by atoms with Crippen molar-refractivity contribution < 1.29 is 28.6 Å². The van der Waals surface area contributed by atoms with Crippen molar-refractivity contribution in [1.29, 1.82) is 0 Å². The van der Waals surface area contributed by atoms with Gasteiger partial charge < -0.3 is 24.5 Å². The molecule has 1 heterocycles. The molecule has 1 amide bonds. The number of Topliss-reactive ketones (excluding diaryl/α,β-unsaturated/α-hetero) is 1. The van der Waals surface area contributed by atoms with E-state index in [0.717, 1.165) is 0 Å². The first-order valence-corrected chi connectivity index (χ1v) is 9.76. The number of hydrogen-bond acceptors (Lipinski definition) is 6. The molecule has 0 aliphatic carbocycles. The van der Waals surface area contributed by atoms with Gasteiger partial charge in [0.2, 0.25) is 0 Å². The van der Waals surface area contributed by atoms with Gasteiger partial charge in [-0.1, -0.05) is 6.92 Å². The summed E-state index contributed by atoms with van der Waals surface area (Å²) < 4.78 is 15.9. The van der Waals surface area contributed by atoms with Gasteiger partial charge in [0.05, 0.1) is 26.4 Å². The molecule has 2 N–H and O–H groups in total. The number of H-pyrrole nitrogens is 1. The minimum Gasteiger partial charge on any atom is -0.497 e. The molecule has 0 saturated heterocycles. The zero-order chi connectivity index (χ0) is 22.4. The monoisotopic (exact) mass is 416 g/mol. The fraction of sp³-hybridized carbons (Fsp3) is 0.409. The number of ether oxygens (including phenoxy) is 3. The van der Waals surface area contributed by atoms with E-state index in [4.69, 9.17) is 14.2 Å². The molecule has 0 bridgehead atoms. The van der Waals surface area contributed by atoms with Gasteiger partial charge >= 0.3 is 5.97 Å². The minimum absolute atomic E-state index is 0.000164. The van der Waals surface area contributed by atoms with Gasteiger partial charge in [0, 0.05) is 28.9 Å². The van der Waals surface area contributed by atoms with Crippen LogP contribution in [-0.2, 0) is 9.53 Å². The number of methoxy groups -OCH3 is 2. The van der Waals surface area contributed by atoms with Crippen molar-refractivity contribution in [2.75, 3.05) is 20.8 Å². The van der Waals surface area contributed by atoms with E-state index in [1.165, 1.54) is 14.2 Å². The Balaban J connectivity index is 2.71. The lowest BCUT2D eigenvalue weighted by molar-refractivity contribution is -0.117. The van der Waals surface area contributed by atoms with Crippen molar-refractivity contribution in [3.8, 4) is 22.6 Å². The number of carbonyl (C=O) groups excluding carboxylic acids is 3. The quantitative estimate of drug-likeness (QED) is 0.369. The Labute approximate surface area is 175 Å². The van der Waals surface area contributed by atoms with Crippen LogP contribution in [0.5, 0.6) is 11.5 Å². The Bertz CT molecular complexity index is 947. The molecule has 2 rings (SSSR count). The molecular weight excluding hydrogens is 388 g/mol. The number of esters is 1. The van der Waals surface area contributed by atoms with E-state index < -0.39 is 17.7 Å². The zero-order valence-corrected chi connectivity index (χ0v) is 18.2. The third kappa shape index (κ3) is 4.64. The van der Waals surface area contributed by atoms with Gasteiger partial charge in [0.1, 0.15) is 17.2 Å². The molecule has 162 valence electrons. The number of aryl methyl sites for hydroxylation is 1. The number of aromatic nitrogens is 1. The number of rotatable bonds is 9. The van der Waals surface area contributed by atoms with Crippen LogP contribution < -0.4 is 14.8 Å². The van der Waals surface area contributed by atoms with Crippen LogP contribution in [0.4, 0.5) is 0 Å². The summed E-state index contributed by atoms with van der Waals surface area (Å²) in [6, 6.07) is 4.83. The summed E-state index contributed by atoms with van der Waals surface area (Å²) in [4.78, 5) is 41.1. The molecule has 8 heteroatoms. The Kier molecular flexibility index (Phi) is 7.63. The second-order valence-electron chi connectivity index (χ2n) is 6.77. The van der Waals surface area contributed by atoms with E-state index in [-0.39, 0.29) is 29.5 Å². The maximum atomic E-state index is 13.0. The van der Waals surface area contributed by atoms with Crippen molar-refractivity contribution in [3.63, 3.8) is 0 Å². The summed E-state index contributed by atoms with van der Waals surface area (Å²) in [7, 11) is 2.99. The van der Waals surface area contributed by atoms with E-state index in [1.54, 1.807) is 32.0 Å². The maximum absolute atomic E-state index is 13.0. The summed E-state index contributed by atoms with van der Waals surface area (Å²) >= 11 is 0. The first-order chi connectivity index (χ1) is 14.3. The van der Waals surface area contributed by atoms with E-state index in [1.807, 2.05) is 13.8 Å². The highest BCUT2D eigenvalue weighted by Crippen LogP contribution is 2.39. The fourth-order valence-corrected chi connectivity index (χ4v) is 3.03. The summed E-state index contributed by atoms with van der Waals surface area (Å²) in [6.07, 6.45) is 0.677. The van der Waals surface area contributed by atoms with Gasteiger partial charge in [0.15, 0.2) is 0 Å². The van der Waals surface area contributed by atoms with E-state index in [9.17, 15) is 14.4 Å². The Morgan fingerprint density at radius 3 is 2.40 bits per heavy atom. The molecule has 1 atom stereocenters. The molecule has 0 fully saturated rings. The lowest BCUT2D eigenvalue weighted by Gasteiger charge is -2.14. The molecular formula is C22H28N2O6.